The van der Waals surface area contributed by atoms with Gasteiger partial charge in [0.25, 0.3) is 0 Å². The molecule has 166 valence electrons. The number of allylic oxidation sites excluding steroid dienone is 5. The first-order valence-electron chi connectivity index (χ1n) is 9.77. The number of benzene rings is 3. The lowest BCUT2D eigenvalue weighted by molar-refractivity contribution is 0.269. The third-order valence-electron chi connectivity index (χ3n) is 4.48. The number of rotatable bonds is 4. The van der Waals surface area contributed by atoms with E-state index in [9.17, 15) is 17.6 Å². The van der Waals surface area contributed by atoms with Crippen LogP contribution in [0.4, 0.5) is 17.6 Å². The second kappa shape index (κ2) is 11.2. The van der Waals surface area contributed by atoms with E-state index in [4.69, 9.17) is 10.0 Å². The van der Waals surface area contributed by atoms with Crippen molar-refractivity contribution in [3.8, 4) is 5.75 Å². The van der Waals surface area contributed by atoms with E-state index in [-0.39, 0.29) is 6.07 Å². The molecule has 0 radical (unpaired) electrons. The first kappa shape index (κ1) is 23.9. The van der Waals surface area contributed by atoms with Gasteiger partial charge in [-0.25, -0.2) is 13.2 Å². The highest BCUT2D eigenvalue weighted by Crippen LogP contribution is 2.30. The highest BCUT2D eigenvalue weighted by atomic mass is 19.2. The van der Waals surface area contributed by atoms with E-state index in [1.54, 1.807) is 0 Å². The predicted molar refractivity (Wildman–Crippen MR) is 119 cm³/mol. The van der Waals surface area contributed by atoms with Crippen molar-refractivity contribution in [1.82, 2.24) is 0 Å². The first-order valence-corrected chi connectivity index (χ1v) is 9.77. The maximum atomic E-state index is 12.7. The van der Waals surface area contributed by atoms with Gasteiger partial charge in [-0.15, -0.1) is 0 Å². The Morgan fingerprint density at radius 3 is 1.82 bits per heavy atom. The second-order valence-electron chi connectivity index (χ2n) is 6.71. The average Bonchev–Trinajstić information content (AvgIpc) is 2.83. The summed E-state index contributed by atoms with van der Waals surface area (Å²) in [4.78, 5) is 0. The lowest BCUT2D eigenvalue weighted by atomic mass is 9.90. The van der Waals surface area contributed by atoms with Crippen molar-refractivity contribution in [1.29, 1.82) is 0 Å². The zero-order valence-corrected chi connectivity index (χ0v) is 17.1. The Balaban J connectivity index is 0.000000196. The quantitative estimate of drug-likeness (QED) is 0.183. The van der Waals surface area contributed by atoms with Crippen molar-refractivity contribution < 1.29 is 32.3 Å². The molecule has 0 bridgehead atoms. The van der Waals surface area contributed by atoms with Gasteiger partial charge in [-0.05, 0) is 24.3 Å². The summed E-state index contributed by atoms with van der Waals surface area (Å²) in [6.07, 6.45) is 10.5. The van der Waals surface area contributed by atoms with Gasteiger partial charge in [-0.3, -0.25) is 0 Å². The highest BCUT2D eigenvalue weighted by Gasteiger charge is 2.24. The maximum Gasteiger partial charge on any atom is 0.707 e. The van der Waals surface area contributed by atoms with E-state index in [0.717, 1.165) is 0 Å². The average molecular weight is 453 g/mol. The minimum Gasteiger partial charge on any atom is -0.507 e. The Morgan fingerprint density at radius 2 is 1.33 bits per heavy atom. The highest BCUT2D eigenvalue weighted by molar-refractivity contribution is 6.33. The fourth-order valence-corrected chi connectivity index (χ4v) is 3.08. The molecule has 3 aromatic rings. The number of halogens is 4. The van der Waals surface area contributed by atoms with Crippen molar-refractivity contribution in [2.45, 2.75) is 0 Å². The molecule has 1 aliphatic carbocycles. The van der Waals surface area contributed by atoms with Gasteiger partial charge < -0.3 is 14.7 Å². The van der Waals surface area contributed by atoms with Crippen molar-refractivity contribution in [2.75, 3.05) is 0 Å². The molecule has 4 rings (SSSR count). The van der Waals surface area contributed by atoms with Gasteiger partial charge in [0.15, 0.2) is 23.2 Å². The zero-order chi connectivity index (χ0) is 23.8. The summed E-state index contributed by atoms with van der Waals surface area (Å²) in [6, 6.07) is 21.1. The van der Waals surface area contributed by atoms with Crippen LogP contribution >= 0.6 is 0 Å². The lowest BCUT2D eigenvalue weighted by Crippen LogP contribution is -2.22. The third kappa shape index (κ3) is 6.15. The van der Waals surface area contributed by atoms with E-state index >= 15 is 0 Å². The zero-order valence-electron chi connectivity index (χ0n) is 17.1. The predicted octanol–water partition coefficient (Wildman–Crippen LogP) is 5.41. The summed E-state index contributed by atoms with van der Waals surface area (Å²) in [5, 5.41) is 16.4. The van der Waals surface area contributed by atoms with Crippen molar-refractivity contribution >= 4 is 12.9 Å². The monoisotopic (exact) mass is 453 g/mol. The van der Waals surface area contributed by atoms with Crippen LogP contribution in [0.25, 0.3) is 5.57 Å². The molecule has 0 amide bonds. The molecule has 33 heavy (non-hydrogen) atoms. The van der Waals surface area contributed by atoms with Gasteiger partial charge in [0.1, 0.15) is 5.57 Å². The molecular weight excluding hydrogens is 435 g/mol. The molecule has 8 heteroatoms. The minimum absolute atomic E-state index is 0.0239. The first-order chi connectivity index (χ1) is 15.9. The molecule has 0 saturated carbocycles. The van der Waals surface area contributed by atoms with Gasteiger partial charge in [-0.1, -0.05) is 36.4 Å². The van der Waals surface area contributed by atoms with Gasteiger partial charge in [-0.2, -0.15) is 4.39 Å². The number of hydrogen-bond acceptors (Lipinski definition) is 3. The maximum absolute atomic E-state index is 12.7. The summed E-state index contributed by atoms with van der Waals surface area (Å²) in [5.74, 6) is -8.62. The Hall–Kier alpha value is -3.75. The molecule has 3 aromatic carbocycles. The molecule has 0 spiro atoms. The van der Waals surface area contributed by atoms with Crippen LogP contribution in [0.5, 0.6) is 5.75 Å². The largest absolute Gasteiger partial charge is 0.707 e. The molecular formula is C25H18BF4O3+. The third-order valence-corrected chi connectivity index (χ3v) is 4.48. The SMILES string of the molecule is C1=C[CH+]C(=C(c2ccccc2)c2ccccc2)C=C1.OB(O)Oc1c(F)cc(F)c(F)c1F. The fraction of sp³-hybridized carbons (Fsp3) is 0. The molecule has 0 aromatic heterocycles. The van der Waals surface area contributed by atoms with Crippen LogP contribution in [0.3, 0.4) is 0 Å². The van der Waals surface area contributed by atoms with E-state index in [0.29, 0.717) is 0 Å². The smallest absolute Gasteiger partial charge is 0.507 e. The summed E-state index contributed by atoms with van der Waals surface area (Å²) < 4.78 is 53.9. The molecule has 0 heterocycles. The van der Waals surface area contributed by atoms with Crippen LogP contribution in [-0.4, -0.2) is 17.4 Å². The Morgan fingerprint density at radius 1 is 0.758 bits per heavy atom. The van der Waals surface area contributed by atoms with Crippen LogP contribution in [0.2, 0.25) is 0 Å². The van der Waals surface area contributed by atoms with Crippen LogP contribution in [0.1, 0.15) is 11.1 Å². The lowest BCUT2D eigenvalue weighted by Gasteiger charge is -2.08. The molecule has 2 N–H and O–H groups in total. The van der Waals surface area contributed by atoms with Crippen LogP contribution in [0, 0.1) is 29.7 Å². The van der Waals surface area contributed by atoms with E-state index in [1.807, 2.05) is 0 Å². The Kier molecular flexibility index (Phi) is 8.13. The fourth-order valence-electron chi connectivity index (χ4n) is 3.08. The summed E-state index contributed by atoms with van der Waals surface area (Å²) in [7, 11) is -2.52. The molecule has 3 nitrogen and oxygen atoms in total. The Labute approximate surface area is 188 Å². The molecule has 1 aliphatic rings. The topological polar surface area (TPSA) is 49.7 Å². The second-order valence-corrected chi connectivity index (χ2v) is 6.71. The summed E-state index contributed by atoms with van der Waals surface area (Å²) in [5.41, 5.74) is 5.03. The molecule has 0 unspecified atom stereocenters. The molecule has 0 saturated heterocycles. The van der Waals surface area contributed by atoms with E-state index in [1.165, 1.54) is 22.3 Å². The standard InChI is InChI=1S/C19H15.C6H3BF4O3/c1-4-10-16(11-5-1)19(17-12-6-2-7-13-17)18-14-8-3-9-15-18;8-2-1-3(9)6(14-7(12)13)5(11)4(2)10/h1-15H;1,12-13H/q+1;. The van der Waals surface area contributed by atoms with E-state index in [2.05, 4.69) is 96.0 Å². The molecule has 0 fully saturated rings. The molecule has 0 aliphatic heterocycles. The van der Waals surface area contributed by atoms with Gasteiger partial charge in [0.05, 0.1) is 5.57 Å². The summed E-state index contributed by atoms with van der Waals surface area (Å²) >= 11 is 0. The van der Waals surface area contributed by atoms with Crippen LogP contribution < -0.4 is 4.65 Å². The molecule has 0 atom stereocenters. The van der Waals surface area contributed by atoms with Gasteiger partial charge >= 0.3 is 7.32 Å². The number of hydrogen-bond donors (Lipinski definition) is 2. The van der Waals surface area contributed by atoms with E-state index < -0.39 is 36.3 Å². The minimum atomic E-state index is -2.52. The summed E-state index contributed by atoms with van der Waals surface area (Å²) in [6.45, 7) is 0. The van der Waals surface area contributed by atoms with Crippen LogP contribution in [-0.2, 0) is 0 Å². The van der Waals surface area contributed by atoms with Gasteiger partial charge in [0, 0.05) is 47.9 Å². The Bertz CT molecular complexity index is 1140. The van der Waals surface area contributed by atoms with Gasteiger partial charge in [0.2, 0.25) is 5.82 Å². The van der Waals surface area contributed by atoms with Crippen molar-refractivity contribution in [2.24, 2.45) is 0 Å². The normalized spacial score (nSPS) is 11.9. The van der Waals surface area contributed by atoms with Crippen molar-refractivity contribution in [3.05, 3.63) is 137 Å². The van der Waals surface area contributed by atoms with Crippen LogP contribution in [0.15, 0.2) is 96.6 Å². The van der Waals surface area contributed by atoms with Crippen molar-refractivity contribution in [3.63, 3.8) is 0 Å².